The number of rotatable bonds is 5. The zero-order valence-electron chi connectivity index (χ0n) is 9.70. The number of nitrogens with zero attached hydrogens (tertiary/aromatic N) is 1. The molecule has 1 rings (SSSR count). The minimum atomic E-state index is -0.710. The predicted molar refractivity (Wildman–Crippen MR) is 59.9 cm³/mol. The van der Waals surface area contributed by atoms with E-state index in [2.05, 4.69) is 24.1 Å². The van der Waals surface area contributed by atoms with Crippen LogP contribution in [-0.4, -0.2) is 48.2 Å². The lowest BCUT2D eigenvalue weighted by Gasteiger charge is -2.33. The van der Waals surface area contributed by atoms with E-state index in [1.165, 1.54) is 6.42 Å². The van der Waals surface area contributed by atoms with E-state index in [4.69, 9.17) is 5.11 Å². The van der Waals surface area contributed by atoms with Crippen molar-refractivity contribution < 1.29 is 9.90 Å². The van der Waals surface area contributed by atoms with Crippen LogP contribution >= 0.6 is 0 Å². The molecule has 0 radical (unpaired) electrons. The second-order valence-electron chi connectivity index (χ2n) is 4.73. The van der Waals surface area contributed by atoms with Crippen LogP contribution in [0.2, 0.25) is 0 Å². The lowest BCUT2D eigenvalue weighted by atomic mass is 10.1. The maximum atomic E-state index is 10.6. The molecular formula is C11H22N2O2. The molecule has 0 aromatic carbocycles. The molecule has 88 valence electrons. The number of hydrogen-bond acceptors (Lipinski definition) is 3. The van der Waals surface area contributed by atoms with Crippen molar-refractivity contribution in [2.75, 3.05) is 26.2 Å². The molecule has 0 aromatic rings. The molecule has 0 amide bonds. The van der Waals surface area contributed by atoms with Crippen LogP contribution in [-0.2, 0) is 4.79 Å². The summed E-state index contributed by atoms with van der Waals surface area (Å²) in [5.41, 5.74) is 0. The summed E-state index contributed by atoms with van der Waals surface area (Å²) in [5.74, 6) is 0.0102. The molecule has 1 aliphatic rings. The van der Waals surface area contributed by atoms with Gasteiger partial charge in [0, 0.05) is 25.7 Å². The van der Waals surface area contributed by atoms with Crippen molar-refractivity contribution in [2.45, 2.75) is 32.7 Å². The van der Waals surface area contributed by atoms with Gasteiger partial charge in [0.2, 0.25) is 0 Å². The molecule has 1 fully saturated rings. The highest BCUT2D eigenvalue weighted by atomic mass is 16.4. The number of carboxylic acids is 1. The van der Waals surface area contributed by atoms with Crippen molar-refractivity contribution in [3.05, 3.63) is 0 Å². The van der Waals surface area contributed by atoms with E-state index in [-0.39, 0.29) is 12.5 Å². The van der Waals surface area contributed by atoms with Gasteiger partial charge in [0.25, 0.3) is 0 Å². The molecule has 4 nitrogen and oxygen atoms in total. The average molecular weight is 214 g/mol. The second-order valence-corrected chi connectivity index (χ2v) is 4.73. The SMILES string of the molecule is CC(C)CCN1CCNC(CC(=O)O)C1. The van der Waals surface area contributed by atoms with Gasteiger partial charge in [-0.05, 0) is 18.9 Å². The average Bonchev–Trinajstić information content (AvgIpc) is 2.14. The van der Waals surface area contributed by atoms with Crippen LogP contribution < -0.4 is 5.32 Å². The van der Waals surface area contributed by atoms with Gasteiger partial charge in [0.1, 0.15) is 0 Å². The van der Waals surface area contributed by atoms with Crippen molar-refractivity contribution >= 4 is 5.97 Å². The van der Waals surface area contributed by atoms with Gasteiger partial charge in [-0.1, -0.05) is 13.8 Å². The molecular weight excluding hydrogens is 192 g/mol. The fourth-order valence-electron chi connectivity index (χ4n) is 1.89. The molecule has 4 heteroatoms. The highest BCUT2D eigenvalue weighted by Gasteiger charge is 2.20. The molecule has 2 N–H and O–H groups in total. The molecule has 0 aliphatic carbocycles. The maximum absolute atomic E-state index is 10.6. The van der Waals surface area contributed by atoms with Gasteiger partial charge in [0.15, 0.2) is 0 Å². The van der Waals surface area contributed by atoms with Crippen LogP contribution in [0.15, 0.2) is 0 Å². The summed E-state index contributed by atoms with van der Waals surface area (Å²) < 4.78 is 0. The summed E-state index contributed by atoms with van der Waals surface area (Å²) in [7, 11) is 0. The van der Waals surface area contributed by atoms with Gasteiger partial charge in [-0.25, -0.2) is 0 Å². The van der Waals surface area contributed by atoms with Crippen molar-refractivity contribution in [3.63, 3.8) is 0 Å². The monoisotopic (exact) mass is 214 g/mol. The number of carboxylic acid groups (broad SMARTS) is 1. The van der Waals surface area contributed by atoms with Crippen molar-refractivity contribution in [2.24, 2.45) is 5.92 Å². The Labute approximate surface area is 91.6 Å². The standard InChI is InChI=1S/C11H22N2O2/c1-9(2)3-5-13-6-4-12-10(8-13)7-11(14)15/h9-10,12H,3-8H2,1-2H3,(H,14,15). The van der Waals surface area contributed by atoms with Gasteiger partial charge in [-0.2, -0.15) is 0 Å². The first-order valence-electron chi connectivity index (χ1n) is 5.75. The zero-order chi connectivity index (χ0) is 11.3. The van der Waals surface area contributed by atoms with Gasteiger partial charge in [0.05, 0.1) is 6.42 Å². The summed E-state index contributed by atoms with van der Waals surface area (Å²) in [6.07, 6.45) is 1.43. The summed E-state index contributed by atoms with van der Waals surface area (Å²) >= 11 is 0. The first kappa shape index (κ1) is 12.5. The molecule has 0 spiro atoms. The fraction of sp³-hybridized carbons (Fsp3) is 0.909. The molecule has 1 unspecified atom stereocenters. The zero-order valence-corrected chi connectivity index (χ0v) is 9.70. The van der Waals surface area contributed by atoms with Crippen LogP contribution in [0.1, 0.15) is 26.7 Å². The third kappa shape index (κ3) is 5.14. The normalized spacial score (nSPS) is 23.3. The predicted octanol–water partition coefficient (Wildman–Crippen LogP) is 0.781. The fourth-order valence-corrected chi connectivity index (χ4v) is 1.89. The van der Waals surface area contributed by atoms with Crippen molar-refractivity contribution in [3.8, 4) is 0 Å². The Morgan fingerprint density at radius 3 is 2.93 bits per heavy atom. The molecule has 0 aromatic heterocycles. The van der Waals surface area contributed by atoms with Gasteiger partial charge >= 0.3 is 5.97 Å². The van der Waals surface area contributed by atoms with E-state index in [0.717, 1.165) is 32.1 Å². The van der Waals surface area contributed by atoms with E-state index in [1.54, 1.807) is 0 Å². The lowest BCUT2D eigenvalue weighted by molar-refractivity contribution is -0.137. The molecule has 0 bridgehead atoms. The minimum Gasteiger partial charge on any atom is -0.481 e. The Kier molecular flexibility index (Phi) is 5.05. The van der Waals surface area contributed by atoms with E-state index in [0.29, 0.717) is 0 Å². The summed E-state index contributed by atoms with van der Waals surface area (Å²) in [4.78, 5) is 12.9. The maximum Gasteiger partial charge on any atom is 0.304 e. The Morgan fingerprint density at radius 2 is 2.33 bits per heavy atom. The number of piperazine rings is 1. The molecule has 1 saturated heterocycles. The van der Waals surface area contributed by atoms with E-state index in [1.807, 2.05) is 0 Å². The molecule has 0 saturated carbocycles. The first-order valence-corrected chi connectivity index (χ1v) is 5.75. The van der Waals surface area contributed by atoms with Crippen LogP contribution in [0, 0.1) is 5.92 Å². The van der Waals surface area contributed by atoms with Gasteiger partial charge in [-0.3, -0.25) is 4.79 Å². The number of nitrogens with one attached hydrogen (secondary N) is 1. The molecule has 1 heterocycles. The summed E-state index contributed by atoms with van der Waals surface area (Å²) in [6.45, 7) is 8.36. The molecule has 15 heavy (non-hydrogen) atoms. The van der Waals surface area contributed by atoms with Crippen LogP contribution in [0.25, 0.3) is 0 Å². The minimum absolute atomic E-state index is 0.128. The molecule has 1 atom stereocenters. The highest BCUT2D eigenvalue weighted by Crippen LogP contribution is 2.07. The van der Waals surface area contributed by atoms with E-state index in [9.17, 15) is 4.79 Å². The Bertz CT molecular complexity index is 207. The lowest BCUT2D eigenvalue weighted by Crippen LogP contribution is -2.51. The van der Waals surface area contributed by atoms with Crippen LogP contribution in [0.5, 0.6) is 0 Å². The van der Waals surface area contributed by atoms with Crippen LogP contribution in [0.3, 0.4) is 0 Å². The topological polar surface area (TPSA) is 52.6 Å². The van der Waals surface area contributed by atoms with Gasteiger partial charge < -0.3 is 15.3 Å². The molecule has 1 aliphatic heterocycles. The van der Waals surface area contributed by atoms with Crippen molar-refractivity contribution in [1.82, 2.24) is 10.2 Å². The number of carbonyl (C=O) groups is 1. The number of hydrogen-bond donors (Lipinski definition) is 2. The van der Waals surface area contributed by atoms with E-state index < -0.39 is 5.97 Å². The third-order valence-corrected chi connectivity index (χ3v) is 2.78. The Balaban J connectivity index is 2.25. The Morgan fingerprint density at radius 1 is 1.60 bits per heavy atom. The van der Waals surface area contributed by atoms with Gasteiger partial charge in [-0.15, -0.1) is 0 Å². The number of aliphatic carboxylic acids is 1. The largest absolute Gasteiger partial charge is 0.481 e. The summed E-state index contributed by atoms with van der Waals surface area (Å²) in [6, 6.07) is 0.128. The summed E-state index contributed by atoms with van der Waals surface area (Å²) in [5, 5.41) is 12.0. The van der Waals surface area contributed by atoms with Crippen LogP contribution in [0.4, 0.5) is 0 Å². The second kappa shape index (κ2) is 6.08. The third-order valence-electron chi connectivity index (χ3n) is 2.78. The van der Waals surface area contributed by atoms with Crippen molar-refractivity contribution in [1.29, 1.82) is 0 Å². The highest BCUT2D eigenvalue weighted by molar-refractivity contribution is 5.67. The Hall–Kier alpha value is -0.610. The smallest absolute Gasteiger partial charge is 0.304 e. The first-order chi connectivity index (χ1) is 7.08. The van der Waals surface area contributed by atoms with E-state index >= 15 is 0 Å². The quantitative estimate of drug-likeness (QED) is 0.710.